The van der Waals surface area contributed by atoms with E-state index in [-0.39, 0.29) is 52.1 Å². The number of nitrogens with zero attached hydrogens (tertiary/aromatic N) is 5. The van der Waals surface area contributed by atoms with Crippen LogP contribution in [0.15, 0.2) is 60.9 Å². The number of aromatic carboxylic acids is 1. The summed E-state index contributed by atoms with van der Waals surface area (Å²) in [7, 11) is 1.81. The summed E-state index contributed by atoms with van der Waals surface area (Å²) in [5.74, 6) is -1.87. The Morgan fingerprint density at radius 2 is 1.73 bits per heavy atom. The minimum absolute atomic E-state index is 0.0231. The third kappa shape index (κ3) is 5.04. The van der Waals surface area contributed by atoms with Crippen molar-refractivity contribution < 1.29 is 28.6 Å². The number of anilines is 1. The molecule has 3 aliphatic rings. The van der Waals surface area contributed by atoms with Crippen LogP contribution in [-0.4, -0.2) is 68.7 Å². The summed E-state index contributed by atoms with van der Waals surface area (Å²) in [6.07, 6.45) is 5.17. The average molecular weight is 689 g/mol. The van der Waals surface area contributed by atoms with Gasteiger partial charge in [-0.3, -0.25) is 9.48 Å². The molecule has 5 aromatic rings. The second kappa shape index (κ2) is 11.8. The second-order valence-electron chi connectivity index (χ2n) is 12.3. The Kier molecular flexibility index (Phi) is 7.50. The Bertz CT molecular complexity index is 2120. The van der Waals surface area contributed by atoms with Crippen molar-refractivity contribution in [3.05, 3.63) is 93.5 Å². The van der Waals surface area contributed by atoms with Crippen LogP contribution in [-0.2, 0) is 18.3 Å². The minimum atomic E-state index is -1.20. The standard InChI is InChI=1S/C35H28Cl2FN5O5/c1-41-33-21(13-40-41)7-20(12-39-33)19-8-27(36)31(28(37)9-19)34(44)42-14-18-3-2-4-24(32(18)48-17-42)25-11-30(26(35(45)46)10-29(25)38)43-22-5-6-23(43)16-47-15-22/h2-4,7-13,22-23H,5-6,14-17H2,1H3,(H,45,46). The number of ether oxygens (including phenoxy) is 2. The van der Waals surface area contributed by atoms with Crippen LogP contribution >= 0.6 is 23.2 Å². The number of carboxylic acid groups (broad SMARTS) is 1. The number of para-hydroxylation sites is 1. The molecule has 3 aromatic carbocycles. The van der Waals surface area contributed by atoms with E-state index >= 15 is 4.39 Å². The number of halogens is 3. The number of fused-ring (bicyclic) bond motifs is 4. The van der Waals surface area contributed by atoms with Crippen LogP contribution in [0.3, 0.4) is 0 Å². The zero-order chi connectivity index (χ0) is 33.3. The molecule has 3 aliphatic heterocycles. The first kappa shape index (κ1) is 30.6. The summed E-state index contributed by atoms with van der Waals surface area (Å²) in [5.41, 5.74) is 4.06. The highest BCUT2D eigenvalue weighted by molar-refractivity contribution is 6.40. The number of benzene rings is 3. The van der Waals surface area contributed by atoms with E-state index in [0.29, 0.717) is 41.3 Å². The molecule has 2 unspecified atom stereocenters. The number of aryl methyl sites for hydroxylation is 1. The van der Waals surface area contributed by atoms with Crippen molar-refractivity contribution >= 4 is 51.8 Å². The number of carboxylic acids is 1. The molecule has 8 rings (SSSR count). The zero-order valence-electron chi connectivity index (χ0n) is 25.6. The number of rotatable bonds is 5. The fraction of sp³-hybridized carbons (Fsp3) is 0.257. The van der Waals surface area contributed by atoms with Gasteiger partial charge in [0.05, 0.1) is 64.9 Å². The molecule has 10 nitrogen and oxygen atoms in total. The van der Waals surface area contributed by atoms with Crippen molar-refractivity contribution in [1.82, 2.24) is 19.7 Å². The molecule has 2 bridgehead atoms. The Morgan fingerprint density at radius 3 is 2.46 bits per heavy atom. The van der Waals surface area contributed by atoms with E-state index in [9.17, 15) is 14.7 Å². The number of hydrogen-bond acceptors (Lipinski definition) is 7. The van der Waals surface area contributed by atoms with E-state index in [1.807, 2.05) is 13.1 Å². The number of carbonyl (C=O) groups is 2. The zero-order valence-corrected chi connectivity index (χ0v) is 27.1. The average Bonchev–Trinajstić information content (AvgIpc) is 3.57. The van der Waals surface area contributed by atoms with Crippen LogP contribution in [0.2, 0.25) is 10.0 Å². The predicted molar refractivity (Wildman–Crippen MR) is 178 cm³/mol. The quantitative estimate of drug-likeness (QED) is 0.215. The smallest absolute Gasteiger partial charge is 0.337 e. The van der Waals surface area contributed by atoms with Crippen LogP contribution in [0.25, 0.3) is 33.3 Å². The van der Waals surface area contributed by atoms with Gasteiger partial charge in [0.25, 0.3) is 5.91 Å². The molecular formula is C35H28Cl2FN5O5. The normalized spacial score (nSPS) is 18.6. The lowest BCUT2D eigenvalue weighted by molar-refractivity contribution is 0.0516. The lowest BCUT2D eigenvalue weighted by Crippen LogP contribution is -2.46. The van der Waals surface area contributed by atoms with Crippen molar-refractivity contribution in [2.75, 3.05) is 24.8 Å². The van der Waals surface area contributed by atoms with E-state index in [0.717, 1.165) is 35.5 Å². The minimum Gasteiger partial charge on any atom is -0.478 e. The summed E-state index contributed by atoms with van der Waals surface area (Å²) < 4.78 is 29.2. The first-order valence-corrected chi connectivity index (χ1v) is 16.2. The number of hydrogen-bond donors (Lipinski definition) is 1. The van der Waals surface area contributed by atoms with E-state index in [2.05, 4.69) is 15.0 Å². The molecular weight excluding hydrogens is 660 g/mol. The van der Waals surface area contributed by atoms with Gasteiger partial charge in [0.2, 0.25) is 0 Å². The number of carbonyl (C=O) groups excluding carboxylic acids is 1. The van der Waals surface area contributed by atoms with Gasteiger partial charge in [-0.25, -0.2) is 14.2 Å². The highest BCUT2D eigenvalue weighted by Crippen LogP contribution is 2.43. The maximum Gasteiger partial charge on any atom is 0.337 e. The Hall–Kier alpha value is -4.71. The molecule has 0 saturated carbocycles. The molecule has 5 heterocycles. The first-order valence-electron chi connectivity index (χ1n) is 15.4. The van der Waals surface area contributed by atoms with Gasteiger partial charge in [-0.1, -0.05) is 41.4 Å². The topological polar surface area (TPSA) is 110 Å². The van der Waals surface area contributed by atoms with Gasteiger partial charge in [-0.15, -0.1) is 0 Å². The number of aromatic nitrogens is 3. The summed E-state index contributed by atoms with van der Waals surface area (Å²) in [6.45, 7) is 1.01. The Morgan fingerprint density at radius 1 is 0.979 bits per heavy atom. The van der Waals surface area contributed by atoms with Crippen molar-refractivity contribution in [3.8, 4) is 28.0 Å². The second-order valence-corrected chi connectivity index (χ2v) is 13.1. The third-order valence-corrected chi connectivity index (χ3v) is 9.99. The predicted octanol–water partition coefficient (Wildman–Crippen LogP) is 6.81. The van der Waals surface area contributed by atoms with Crippen molar-refractivity contribution in [3.63, 3.8) is 0 Å². The van der Waals surface area contributed by atoms with Crippen LogP contribution in [0.4, 0.5) is 10.1 Å². The van der Waals surface area contributed by atoms with Crippen LogP contribution in [0.5, 0.6) is 5.75 Å². The molecule has 2 fully saturated rings. The van der Waals surface area contributed by atoms with Gasteiger partial charge < -0.3 is 24.4 Å². The van der Waals surface area contributed by atoms with E-state index in [4.69, 9.17) is 32.7 Å². The Labute approximate surface area is 284 Å². The molecule has 1 amide bonds. The first-order chi connectivity index (χ1) is 23.2. The molecule has 1 N–H and O–H groups in total. The van der Waals surface area contributed by atoms with Gasteiger partial charge in [-0.05, 0) is 48.7 Å². The molecule has 2 aromatic heterocycles. The van der Waals surface area contributed by atoms with Gasteiger partial charge in [0, 0.05) is 40.9 Å². The fourth-order valence-electron chi connectivity index (χ4n) is 7.09. The highest BCUT2D eigenvalue weighted by Gasteiger charge is 2.40. The molecule has 2 saturated heterocycles. The lowest BCUT2D eigenvalue weighted by Gasteiger charge is -2.37. The third-order valence-electron chi connectivity index (χ3n) is 9.40. The Balaban J connectivity index is 1.09. The van der Waals surface area contributed by atoms with Crippen molar-refractivity contribution in [2.45, 2.75) is 31.5 Å². The van der Waals surface area contributed by atoms with Gasteiger partial charge in [-0.2, -0.15) is 5.10 Å². The summed E-state index contributed by atoms with van der Waals surface area (Å²) in [6, 6.07) is 13.3. The van der Waals surface area contributed by atoms with Crippen LogP contribution in [0, 0.1) is 5.82 Å². The van der Waals surface area contributed by atoms with E-state index in [1.165, 1.54) is 4.90 Å². The maximum absolute atomic E-state index is 15.7. The molecule has 48 heavy (non-hydrogen) atoms. The fourth-order valence-corrected chi connectivity index (χ4v) is 7.74. The monoisotopic (exact) mass is 687 g/mol. The van der Waals surface area contributed by atoms with Crippen molar-refractivity contribution in [2.24, 2.45) is 7.05 Å². The van der Waals surface area contributed by atoms with E-state index < -0.39 is 17.7 Å². The summed E-state index contributed by atoms with van der Waals surface area (Å²) >= 11 is 13.4. The highest BCUT2D eigenvalue weighted by atomic mass is 35.5. The van der Waals surface area contributed by atoms with Crippen molar-refractivity contribution in [1.29, 1.82) is 0 Å². The van der Waals surface area contributed by atoms with Crippen LogP contribution < -0.4 is 9.64 Å². The lowest BCUT2D eigenvalue weighted by atomic mass is 9.96. The number of amides is 1. The van der Waals surface area contributed by atoms with Gasteiger partial charge in [0.1, 0.15) is 11.6 Å². The molecule has 0 aliphatic carbocycles. The number of pyridine rings is 1. The van der Waals surface area contributed by atoms with Gasteiger partial charge in [0.15, 0.2) is 12.4 Å². The largest absolute Gasteiger partial charge is 0.478 e. The maximum atomic E-state index is 15.7. The molecule has 0 radical (unpaired) electrons. The van der Waals surface area contributed by atoms with Crippen LogP contribution in [0.1, 0.15) is 39.1 Å². The van der Waals surface area contributed by atoms with Gasteiger partial charge >= 0.3 is 5.97 Å². The molecule has 244 valence electrons. The molecule has 0 spiro atoms. The summed E-state index contributed by atoms with van der Waals surface area (Å²) in [5, 5.41) is 15.4. The molecule has 2 atom stereocenters. The van der Waals surface area contributed by atoms with E-state index in [1.54, 1.807) is 53.5 Å². The SMILES string of the molecule is Cn1ncc2cc(-c3cc(Cl)c(C(=O)N4COc5c(cccc5-c5cc(N6C7CCC6COC7)c(C(=O)O)cc5F)C4)c(Cl)c3)cnc21. The molecule has 13 heteroatoms. The summed E-state index contributed by atoms with van der Waals surface area (Å²) in [4.78, 5) is 34.0. The number of morpholine rings is 1.